The second-order valence-corrected chi connectivity index (χ2v) is 8.91. The Morgan fingerprint density at radius 2 is 1.70 bits per heavy atom. The number of fused-ring (bicyclic) bond motifs is 3. The van der Waals surface area contributed by atoms with Crippen LogP contribution in [0.1, 0.15) is 49.7 Å². The summed E-state index contributed by atoms with van der Waals surface area (Å²) in [4.78, 5) is 36.9. The van der Waals surface area contributed by atoms with Crippen molar-refractivity contribution in [1.82, 2.24) is 10.2 Å². The van der Waals surface area contributed by atoms with E-state index in [1.54, 1.807) is 0 Å². The quantitative estimate of drug-likeness (QED) is 0.602. The third-order valence-electron chi connectivity index (χ3n) is 6.73. The molecule has 174 valence electrons. The number of carboxylic acid groups (broad SMARTS) is 1. The van der Waals surface area contributed by atoms with E-state index in [0.717, 1.165) is 6.42 Å². The highest BCUT2D eigenvalue weighted by Gasteiger charge is 2.37. The van der Waals surface area contributed by atoms with Gasteiger partial charge >= 0.3 is 12.1 Å². The van der Waals surface area contributed by atoms with Crippen molar-refractivity contribution in [2.45, 2.75) is 44.6 Å². The van der Waals surface area contributed by atoms with Gasteiger partial charge in [-0.2, -0.15) is 0 Å². The minimum atomic E-state index is -0.935. The smallest absolute Gasteiger partial charge is 0.407 e. The Bertz CT molecular complexity index is 991. The molecule has 7 nitrogen and oxygen atoms in total. The van der Waals surface area contributed by atoms with Crippen molar-refractivity contribution in [2.75, 3.05) is 19.7 Å². The van der Waals surface area contributed by atoms with Gasteiger partial charge in [0.25, 0.3) is 0 Å². The van der Waals surface area contributed by atoms with Gasteiger partial charge in [-0.15, -0.1) is 0 Å². The lowest BCUT2D eigenvalue weighted by atomic mass is 9.98. The van der Waals surface area contributed by atoms with Crippen LogP contribution in [0.15, 0.2) is 48.5 Å². The van der Waals surface area contributed by atoms with Gasteiger partial charge < -0.3 is 20.1 Å². The molecule has 2 unspecified atom stereocenters. The lowest BCUT2D eigenvalue weighted by Gasteiger charge is -2.38. The Labute approximate surface area is 193 Å². The normalized spacial score (nSPS) is 17.5. The van der Waals surface area contributed by atoms with E-state index in [0.29, 0.717) is 32.4 Å². The molecule has 7 heteroatoms. The summed E-state index contributed by atoms with van der Waals surface area (Å²) in [7, 11) is 0. The fourth-order valence-electron chi connectivity index (χ4n) is 4.67. The molecule has 2 aromatic rings. The van der Waals surface area contributed by atoms with Crippen molar-refractivity contribution in [1.29, 1.82) is 0 Å². The Morgan fingerprint density at radius 1 is 1.06 bits per heavy atom. The molecule has 0 bridgehead atoms. The fourth-order valence-corrected chi connectivity index (χ4v) is 4.67. The summed E-state index contributed by atoms with van der Waals surface area (Å²) in [5.41, 5.74) is 4.74. The lowest BCUT2D eigenvalue weighted by Crippen LogP contribution is -2.55. The second kappa shape index (κ2) is 10.1. The lowest BCUT2D eigenvalue weighted by molar-refractivity contribution is -0.157. The van der Waals surface area contributed by atoms with Crippen molar-refractivity contribution >= 4 is 18.0 Å². The number of nitrogens with one attached hydrogen (secondary N) is 1. The molecule has 1 heterocycles. The number of aliphatic carboxylic acids is 1. The van der Waals surface area contributed by atoms with Crippen LogP contribution in [0.4, 0.5) is 4.79 Å². The van der Waals surface area contributed by atoms with Crippen LogP contribution in [0.2, 0.25) is 0 Å². The molecule has 1 aliphatic carbocycles. The van der Waals surface area contributed by atoms with E-state index in [-0.39, 0.29) is 24.3 Å². The molecule has 2 aliphatic rings. The average molecular weight is 451 g/mol. The number of hydrogen-bond acceptors (Lipinski definition) is 4. The van der Waals surface area contributed by atoms with Crippen LogP contribution in [0, 0.1) is 5.92 Å². The van der Waals surface area contributed by atoms with E-state index in [4.69, 9.17) is 9.84 Å². The average Bonchev–Trinajstić information content (AvgIpc) is 3.09. The predicted molar refractivity (Wildman–Crippen MR) is 124 cm³/mol. The molecular weight excluding hydrogens is 420 g/mol. The van der Waals surface area contributed by atoms with Crippen LogP contribution in [-0.4, -0.2) is 53.7 Å². The van der Waals surface area contributed by atoms with Gasteiger partial charge in [0.1, 0.15) is 12.6 Å². The molecule has 4 rings (SSSR count). The van der Waals surface area contributed by atoms with Crippen molar-refractivity contribution in [2.24, 2.45) is 5.92 Å². The third-order valence-corrected chi connectivity index (χ3v) is 6.73. The van der Waals surface area contributed by atoms with Gasteiger partial charge in [-0.25, -0.2) is 9.59 Å². The molecule has 1 aliphatic heterocycles. The van der Waals surface area contributed by atoms with E-state index in [2.05, 4.69) is 29.6 Å². The zero-order chi connectivity index (χ0) is 23.4. The summed E-state index contributed by atoms with van der Waals surface area (Å²) in [5, 5.41) is 11.9. The first-order chi connectivity index (χ1) is 16.0. The summed E-state index contributed by atoms with van der Waals surface area (Å²) in [6.45, 7) is 3.29. The molecule has 33 heavy (non-hydrogen) atoms. The van der Waals surface area contributed by atoms with Crippen molar-refractivity contribution in [3.05, 3.63) is 59.7 Å². The van der Waals surface area contributed by atoms with Crippen molar-refractivity contribution < 1.29 is 24.2 Å². The predicted octanol–water partition coefficient (Wildman–Crippen LogP) is 4.02. The highest BCUT2D eigenvalue weighted by Crippen LogP contribution is 2.44. The highest BCUT2D eigenvalue weighted by molar-refractivity contribution is 5.85. The number of alkyl carbamates (subject to hydrolysis) is 1. The summed E-state index contributed by atoms with van der Waals surface area (Å²) < 4.78 is 5.54. The van der Waals surface area contributed by atoms with Crippen LogP contribution < -0.4 is 5.32 Å². The number of benzene rings is 2. The van der Waals surface area contributed by atoms with Gasteiger partial charge in [0.2, 0.25) is 5.91 Å². The van der Waals surface area contributed by atoms with E-state index in [1.165, 1.54) is 27.2 Å². The number of amides is 2. The summed E-state index contributed by atoms with van der Waals surface area (Å²) in [6, 6.07) is 15.8. The zero-order valence-electron chi connectivity index (χ0n) is 18.8. The Morgan fingerprint density at radius 3 is 2.27 bits per heavy atom. The maximum Gasteiger partial charge on any atom is 0.407 e. The van der Waals surface area contributed by atoms with E-state index in [9.17, 15) is 14.4 Å². The monoisotopic (exact) mass is 450 g/mol. The number of carboxylic acids is 1. The van der Waals surface area contributed by atoms with Crippen LogP contribution in [-0.2, 0) is 14.3 Å². The molecular formula is C26H30N2O5. The molecule has 1 fully saturated rings. The highest BCUT2D eigenvalue weighted by atomic mass is 16.5. The minimum absolute atomic E-state index is 0.0317. The van der Waals surface area contributed by atoms with Gasteiger partial charge in [-0.05, 0) is 47.4 Å². The molecule has 0 saturated carbocycles. The molecule has 0 aromatic heterocycles. The topological polar surface area (TPSA) is 95.9 Å². The molecule has 2 N–H and O–H groups in total. The maximum absolute atomic E-state index is 12.3. The molecule has 0 spiro atoms. The first kappa shape index (κ1) is 22.8. The SMILES string of the molecule is CC(CCNC(=O)OCC1c2ccccc2-c2ccccc21)CCC(=O)N1CCC1C(=O)O. The first-order valence-corrected chi connectivity index (χ1v) is 11.6. The van der Waals surface area contributed by atoms with E-state index >= 15 is 0 Å². The van der Waals surface area contributed by atoms with E-state index < -0.39 is 18.1 Å². The first-order valence-electron chi connectivity index (χ1n) is 11.6. The second-order valence-electron chi connectivity index (χ2n) is 8.91. The summed E-state index contributed by atoms with van der Waals surface area (Å²) in [5.74, 6) is -0.781. The maximum atomic E-state index is 12.3. The van der Waals surface area contributed by atoms with Crippen LogP contribution in [0.5, 0.6) is 0 Å². The Kier molecular flexibility index (Phi) is 6.96. The molecule has 1 saturated heterocycles. The molecule has 2 aromatic carbocycles. The number of carbonyl (C=O) groups excluding carboxylic acids is 2. The van der Waals surface area contributed by atoms with Crippen LogP contribution in [0.3, 0.4) is 0 Å². The largest absolute Gasteiger partial charge is 0.480 e. The van der Waals surface area contributed by atoms with Crippen molar-refractivity contribution in [3.8, 4) is 11.1 Å². The third kappa shape index (κ3) is 5.02. The number of carbonyl (C=O) groups is 3. The van der Waals surface area contributed by atoms with Crippen LogP contribution >= 0.6 is 0 Å². The van der Waals surface area contributed by atoms with Crippen LogP contribution in [0.25, 0.3) is 11.1 Å². The number of likely N-dealkylation sites (tertiary alicyclic amines) is 1. The minimum Gasteiger partial charge on any atom is -0.480 e. The molecule has 0 radical (unpaired) electrons. The van der Waals surface area contributed by atoms with E-state index in [1.807, 2.05) is 31.2 Å². The Hall–Kier alpha value is -3.35. The Balaban J connectivity index is 1.18. The number of hydrogen-bond donors (Lipinski definition) is 2. The molecule has 2 atom stereocenters. The van der Waals surface area contributed by atoms with Gasteiger partial charge in [0, 0.05) is 25.4 Å². The van der Waals surface area contributed by atoms with Gasteiger partial charge in [0.15, 0.2) is 0 Å². The standard InChI is InChI=1S/C26H30N2O5/c1-17(10-11-24(29)28-15-13-23(28)25(30)31)12-14-27-26(32)33-16-22-20-8-4-2-6-18(20)19-7-3-5-9-21(19)22/h2-9,17,22-23H,10-16H2,1H3,(H,27,32)(H,30,31). The number of ether oxygens (including phenoxy) is 1. The zero-order valence-corrected chi connectivity index (χ0v) is 18.8. The van der Waals surface area contributed by atoms with Crippen molar-refractivity contribution in [3.63, 3.8) is 0 Å². The summed E-state index contributed by atoms with van der Waals surface area (Å²) >= 11 is 0. The van der Waals surface area contributed by atoms with Gasteiger partial charge in [-0.3, -0.25) is 4.79 Å². The van der Waals surface area contributed by atoms with Gasteiger partial charge in [-0.1, -0.05) is 55.5 Å². The summed E-state index contributed by atoms with van der Waals surface area (Å²) in [6.07, 6.45) is 1.80. The van der Waals surface area contributed by atoms with Gasteiger partial charge in [0.05, 0.1) is 0 Å². The fraction of sp³-hybridized carbons (Fsp3) is 0.423. The molecule has 2 amide bonds. The number of nitrogens with zero attached hydrogens (tertiary/aromatic N) is 1. The number of rotatable bonds is 9.